The molecule has 0 saturated carbocycles. The minimum absolute atomic E-state index is 0.00838. The highest BCUT2D eigenvalue weighted by molar-refractivity contribution is 7.89. The Hall–Kier alpha value is -3.93. The monoisotopic (exact) mass is 662 g/mol. The highest BCUT2D eigenvalue weighted by atomic mass is 32.2. The van der Waals surface area contributed by atoms with E-state index in [1.165, 1.54) is 41.8 Å². The van der Waals surface area contributed by atoms with Gasteiger partial charge in [-0.05, 0) is 29.7 Å². The number of sulfonamides is 1. The summed E-state index contributed by atoms with van der Waals surface area (Å²) < 4.78 is 40.2. The van der Waals surface area contributed by atoms with Crippen LogP contribution in [0.2, 0.25) is 0 Å². The normalized spacial score (nSPS) is 17.9. The molecule has 0 radical (unpaired) electrons. The van der Waals surface area contributed by atoms with Crippen molar-refractivity contribution in [1.29, 1.82) is 0 Å². The molecule has 2 aliphatic heterocycles. The number of piperazine rings is 2. The second-order valence-corrected chi connectivity index (χ2v) is 13.9. The fourth-order valence-electron chi connectivity index (χ4n) is 6.57. The molecule has 10 nitrogen and oxygen atoms in total. The maximum Gasteiger partial charge on any atom is 0.244 e. The van der Waals surface area contributed by atoms with Gasteiger partial charge in [-0.2, -0.15) is 4.31 Å². The van der Waals surface area contributed by atoms with Crippen molar-refractivity contribution in [2.24, 2.45) is 0 Å². The largest absolute Gasteiger partial charge is 0.493 e. The first-order chi connectivity index (χ1) is 22.8. The number of methoxy groups -OCH3 is 2. The number of hydrogen-bond acceptors (Lipinski definition) is 7. The zero-order chi connectivity index (χ0) is 33.4. The van der Waals surface area contributed by atoms with Crippen molar-refractivity contribution in [3.63, 3.8) is 0 Å². The summed E-state index contributed by atoms with van der Waals surface area (Å²) in [5.41, 5.74) is 2.35. The molecule has 0 aliphatic carbocycles. The quantitative estimate of drug-likeness (QED) is 0.265. The van der Waals surface area contributed by atoms with Gasteiger partial charge in [0.2, 0.25) is 21.8 Å². The van der Waals surface area contributed by atoms with Gasteiger partial charge in [0.25, 0.3) is 0 Å². The van der Waals surface area contributed by atoms with Crippen LogP contribution in [0.15, 0.2) is 83.8 Å². The molecule has 2 heterocycles. The predicted octanol–water partition coefficient (Wildman–Crippen LogP) is 4.42. The maximum atomic E-state index is 14.3. The second-order valence-electron chi connectivity index (χ2n) is 12.0. The summed E-state index contributed by atoms with van der Waals surface area (Å²) >= 11 is 0. The van der Waals surface area contributed by atoms with E-state index in [1.54, 1.807) is 15.9 Å². The van der Waals surface area contributed by atoms with Crippen molar-refractivity contribution < 1.29 is 27.5 Å². The lowest BCUT2D eigenvalue weighted by Gasteiger charge is -2.44. The van der Waals surface area contributed by atoms with Crippen molar-refractivity contribution in [2.75, 3.05) is 60.0 Å². The third-order valence-corrected chi connectivity index (χ3v) is 11.1. The Morgan fingerprint density at radius 2 is 1.36 bits per heavy atom. The molecule has 2 amide bonds. The lowest BCUT2D eigenvalue weighted by Crippen LogP contribution is -2.63. The van der Waals surface area contributed by atoms with E-state index in [-0.39, 0.29) is 48.1 Å². The maximum absolute atomic E-state index is 14.3. The summed E-state index contributed by atoms with van der Waals surface area (Å²) in [5, 5.41) is 0. The number of amides is 2. The lowest BCUT2D eigenvalue weighted by atomic mass is 9.96. The van der Waals surface area contributed by atoms with E-state index in [2.05, 4.69) is 36.1 Å². The minimum Gasteiger partial charge on any atom is -0.493 e. The van der Waals surface area contributed by atoms with Crippen molar-refractivity contribution >= 4 is 21.8 Å². The first kappa shape index (κ1) is 34.4. The molecule has 2 aliphatic rings. The molecule has 47 heavy (non-hydrogen) atoms. The van der Waals surface area contributed by atoms with Crippen LogP contribution in [0.5, 0.6) is 11.5 Å². The number of carbonyl (C=O) groups is 2. The van der Waals surface area contributed by atoms with Gasteiger partial charge in [0.1, 0.15) is 6.04 Å². The lowest BCUT2D eigenvalue weighted by molar-refractivity contribution is -0.142. The Morgan fingerprint density at radius 1 is 0.766 bits per heavy atom. The minimum atomic E-state index is -4.12. The topological polar surface area (TPSA) is 99.7 Å². The molecule has 5 rings (SSSR count). The van der Waals surface area contributed by atoms with Crippen LogP contribution in [0.3, 0.4) is 0 Å². The molecule has 252 valence electrons. The summed E-state index contributed by atoms with van der Waals surface area (Å²) in [5.74, 6) is 0.362. The van der Waals surface area contributed by atoms with Crippen molar-refractivity contribution in [2.45, 2.75) is 49.6 Å². The van der Waals surface area contributed by atoms with Crippen LogP contribution in [0.4, 0.5) is 0 Å². The smallest absolute Gasteiger partial charge is 0.244 e. The Labute approximate surface area is 278 Å². The van der Waals surface area contributed by atoms with Crippen LogP contribution in [-0.2, 0) is 19.6 Å². The van der Waals surface area contributed by atoms with E-state index in [1.807, 2.05) is 36.4 Å². The van der Waals surface area contributed by atoms with Gasteiger partial charge in [0, 0.05) is 58.3 Å². The Balaban J connectivity index is 1.38. The molecule has 0 N–H and O–H groups in total. The van der Waals surface area contributed by atoms with Crippen LogP contribution < -0.4 is 9.47 Å². The molecule has 2 saturated heterocycles. The molecular formula is C36H46N4O6S. The molecule has 3 aromatic carbocycles. The van der Waals surface area contributed by atoms with E-state index >= 15 is 0 Å². The third-order valence-electron chi connectivity index (χ3n) is 9.15. The van der Waals surface area contributed by atoms with Crippen LogP contribution >= 0.6 is 0 Å². The van der Waals surface area contributed by atoms with E-state index in [9.17, 15) is 18.0 Å². The molecule has 2 fully saturated rings. The van der Waals surface area contributed by atoms with Crippen LogP contribution in [0.1, 0.15) is 49.8 Å². The summed E-state index contributed by atoms with van der Waals surface area (Å²) in [6, 6.07) is 24.1. The van der Waals surface area contributed by atoms with E-state index < -0.39 is 16.1 Å². The van der Waals surface area contributed by atoms with Crippen LogP contribution in [0.25, 0.3) is 0 Å². The Morgan fingerprint density at radius 3 is 1.94 bits per heavy atom. The number of rotatable bonds is 12. The molecular weight excluding hydrogens is 616 g/mol. The molecule has 3 aromatic rings. The first-order valence-corrected chi connectivity index (χ1v) is 17.9. The molecule has 11 heteroatoms. The number of unbranched alkanes of at least 4 members (excludes halogenated alkanes) is 2. The van der Waals surface area contributed by atoms with Crippen molar-refractivity contribution in [3.05, 3.63) is 90.0 Å². The van der Waals surface area contributed by atoms with Gasteiger partial charge in [-0.25, -0.2) is 8.42 Å². The average molecular weight is 663 g/mol. The molecule has 1 unspecified atom stereocenters. The molecule has 0 aromatic heterocycles. The van der Waals surface area contributed by atoms with Gasteiger partial charge in [-0.3, -0.25) is 14.5 Å². The van der Waals surface area contributed by atoms with E-state index in [4.69, 9.17) is 9.47 Å². The van der Waals surface area contributed by atoms with Gasteiger partial charge in [-0.1, -0.05) is 80.4 Å². The zero-order valence-electron chi connectivity index (χ0n) is 27.6. The van der Waals surface area contributed by atoms with E-state index in [0.29, 0.717) is 38.3 Å². The van der Waals surface area contributed by atoms with Gasteiger partial charge >= 0.3 is 0 Å². The number of nitrogens with zero attached hydrogens (tertiary/aromatic N) is 4. The Bertz CT molecular complexity index is 1560. The van der Waals surface area contributed by atoms with Gasteiger partial charge in [0.05, 0.1) is 25.2 Å². The zero-order valence-corrected chi connectivity index (χ0v) is 28.4. The molecule has 1 atom stereocenters. The fraction of sp³-hybridized carbons (Fsp3) is 0.444. The third kappa shape index (κ3) is 7.80. The number of hydrogen-bond donors (Lipinski definition) is 0. The first-order valence-electron chi connectivity index (χ1n) is 16.4. The highest BCUT2D eigenvalue weighted by Gasteiger charge is 2.43. The summed E-state index contributed by atoms with van der Waals surface area (Å²) in [7, 11) is -1.18. The van der Waals surface area contributed by atoms with Crippen LogP contribution in [0, 0.1) is 0 Å². The summed E-state index contributed by atoms with van der Waals surface area (Å²) in [4.78, 5) is 33.3. The summed E-state index contributed by atoms with van der Waals surface area (Å²) in [6.45, 7) is 4.48. The summed E-state index contributed by atoms with van der Waals surface area (Å²) in [6.07, 6.45) is 3.09. The SMILES string of the molecule is CCCCCC(=O)N1CCN(S(=O)(=O)c2ccc(OC)c(OC)c2)C(C(=O)N2CCN(C(c3ccccc3)c3ccccc3)CC2)C1. The average Bonchev–Trinajstić information content (AvgIpc) is 3.12. The van der Waals surface area contributed by atoms with Gasteiger partial charge in [-0.15, -0.1) is 0 Å². The molecule has 0 spiro atoms. The number of carbonyl (C=O) groups excluding carboxylic acids is 2. The molecule has 0 bridgehead atoms. The number of ether oxygens (including phenoxy) is 2. The predicted molar refractivity (Wildman–Crippen MR) is 181 cm³/mol. The van der Waals surface area contributed by atoms with Crippen molar-refractivity contribution in [1.82, 2.24) is 19.0 Å². The van der Waals surface area contributed by atoms with Gasteiger partial charge in [0.15, 0.2) is 11.5 Å². The van der Waals surface area contributed by atoms with Crippen molar-refractivity contribution in [3.8, 4) is 11.5 Å². The Kier molecular flexibility index (Phi) is 11.5. The second kappa shape index (κ2) is 15.8. The van der Waals surface area contributed by atoms with Gasteiger partial charge < -0.3 is 19.3 Å². The van der Waals surface area contributed by atoms with Crippen LogP contribution in [-0.4, -0.2) is 105 Å². The number of benzene rings is 3. The van der Waals surface area contributed by atoms with E-state index in [0.717, 1.165) is 19.3 Å². The highest BCUT2D eigenvalue weighted by Crippen LogP contribution is 2.33. The fourth-order valence-corrected chi connectivity index (χ4v) is 8.16. The standard InChI is InChI=1S/C36H46N4O6S/c1-4-5-8-17-34(41)39-24-25-40(47(43,44)30-18-19-32(45-2)33(26-30)46-3)31(27-39)36(42)38-22-20-37(21-23-38)35(28-13-9-6-10-14-28)29-15-11-7-12-16-29/h6-7,9-16,18-19,26,31,35H,4-5,8,17,20-25,27H2,1-3H3.